The van der Waals surface area contributed by atoms with E-state index in [4.69, 9.17) is 11.6 Å². The Morgan fingerprint density at radius 2 is 1.95 bits per heavy atom. The number of hydrogen-bond acceptors (Lipinski definition) is 4. The molecule has 3 aromatic rings. The molecule has 1 aromatic heterocycles. The monoisotopic (exact) mass is 329 g/mol. The topological polar surface area (TPSA) is 54.9 Å². The van der Waals surface area contributed by atoms with Gasteiger partial charge < -0.3 is 5.32 Å². The fourth-order valence-corrected chi connectivity index (χ4v) is 2.77. The second-order valence-electron chi connectivity index (χ2n) is 4.78. The van der Waals surface area contributed by atoms with Gasteiger partial charge in [0.2, 0.25) is 0 Å². The number of nitrogens with one attached hydrogen (secondary N) is 1. The van der Waals surface area contributed by atoms with Crippen molar-refractivity contribution < 1.29 is 4.79 Å². The van der Waals surface area contributed by atoms with Crippen LogP contribution < -0.4 is 5.32 Å². The van der Waals surface area contributed by atoms with Crippen LogP contribution in [0.15, 0.2) is 48.5 Å². The van der Waals surface area contributed by atoms with E-state index in [0.29, 0.717) is 21.3 Å². The van der Waals surface area contributed by atoms with Crippen LogP contribution in [0.5, 0.6) is 0 Å². The summed E-state index contributed by atoms with van der Waals surface area (Å²) in [5.41, 5.74) is 3.25. The molecule has 1 N–H and O–H groups in total. The Hall–Kier alpha value is -2.24. The van der Waals surface area contributed by atoms with E-state index in [-0.39, 0.29) is 5.91 Å². The zero-order valence-electron chi connectivity index (χ0n) is 11.7. The molecule has 0 radical (unpaired) electrons. The average Bonchev–Trinajstić information content (AvgIpc) is 2.97. The summed E-state index contributed by atoms with van der Waals surface area (Å²) in [6.45, 7) is 2.01. The molecule has 0 fully saturated rings. The molecule has 110 valence electrons. The lowest BCUT2D eigenvalue weighted by molar-refractivity contribution is 0.103. The first-order valence-corrected chi connectivity index (χ1v) is 7.75. The average molecular weight is 330 g/mol. The predicted molar refractivity (Wildman–Crippen MR) is 89.5 cm³/mol. The van der Waals surface area contributed by atoms with Gasteiger partial charge in [0.05, 0.1) is 0 Å². The van der Waals surface area contributed by atoms with Crippen LogP contribution in [-0.2, 0) is 0 Å². The highest BCUT2D eigenvalue weighted by Gasteiger charge is 2.18. The molecule has 1 heterocycles. The maximum absolute atomic E-state index is 12.4. The van der Waals surface area contributed by atoms with Gasteiger partial charge >= 0.3 is 0 Å². The van der Waals surface area contributed by atoms with E-state index >= 15 is 0 Å². The van der Waals surface area contributed by atoms with Crippen molar-refractivity contribution in [3.8, 4) is 11.3 Å². The fraction of sp³-hybridized carbons (Fsp3) is 0.0625. The van der Waals surface area contributed by atoms with Gasteiger partial charge in [0, 0.05) is 16.3 Å². The van der Waals surface area contributed by atoms with Crippen LogP contribution in [-0.4, -0.2) is 15.5 Å². The van der Waals surface area contributed by atoms with Crippen molar-refractivity contribution in [3.05, 3.63) is 64.0 Å². The number of carbonyl (C=O) groups is 1. The van der Waals surface area contributed by atoms with Crippen LogP contribution in [0.1, 0.15) is 15.2 Å². The molecular formula is C16H12ClN3OS. The van der Waals surface area contributed by atoms with Crippen molar-refractivity contribution in [1.29, 1.82) is 0 Å². The summed E-state index contributed by atoms with van der Waals surface area (Å²) in [6, 6.07) is 14.8. The molecular weight excluding hydrogens is 318 g/mol. The number of aryl methyl sites for hydroxylation is 1. The van der Waals surface area contributed by atoms with Crippen LogP contribution in [0.25, 0.3) is 11.3 Å². The van der Waals surface area contributed by atoms with E-state index in [9.17, 15) is 4.79 Å². The maximum Gasteiger partial charge on any atom is 0.269 e. The van der Waals surface area contributed by atoms with E-state index in [2.05, 4.69) is 14.9 Å². The lowest BCUT2D eigenvalue weighted by Crippen LogP contribution is -2.11. The van der Waals surface area contributed by atoms with Crippen LogP contribution >= 0.6 is 23.1 Å². The first-order chi connectivity index (χ1) is 10.6. The second kappa shape index (κ2) is 6.25. The highest BCUT2D eigenvalue weighted by molar-refractivity contribution is 7.08. The van der Waals surface area contributed by atoms with Gasteiger partial charge in [-0.05, 0) is 36.7 Å². The molecule has 0 atom stereocenters. The van der Waals surface area contributed by atoms with Gasteiger partial charge in [-0.2, -0.15) is 0 Å². The van der Waals surface area contributed by atoms with Gasteiger partial charge in [0.15, 0.2) is 0 Å². The van der Waals surface area contributed by atoms with Gasteiger partial charge in [0.1, 0.15) is 10.6 Å². The number of amides is 1. The lowest BCUT2D eigenvalue weighted by Gasteiger charge is -2.05. The zero-order chi connectivity index (χ0) is 15.5. The summed E-state index contributed by atoms with van der Waals surface area (Å²) < 4.78 is 3.91. The SMILES string of the molecule is Cc1ccc(-c2nnsc2C(=O)Nc2cccc(Cl)c2)cc1. The minimum absolute atomic E-state index is 0.243. The number of rotatable bonds is 3. The smallest absolute Gasteiger partial charge is 0.269 e. The number of hydrogen-bond donors (Lipinski definition) is 1. The zero-order valence-corrected chi connectivity index (χ0v) is 13.3. The fourth-order valence-electron chi connectivity index (χ4n) is 1.99. The Kier molecular flexibility index (Phi) is 4.18. The van der Waals surface area contributed by atoms with Crippen molar-refractivity contribution in [2.45, 2.75) is 6.92 Å². The van der Waals surface area contributed by atoms with Crippen molar-refractivity contribution in [1.82, 2.24) is 9.59 Å². The number of carbonyl (C=O) groups excluding carboxylic acids is 1. The third kappa shape index (κ3) is 3.16. The molecule has 4 nitrogen and oxygen atoms in total. The summed E-state index contributed by atoms with van der Waals surface area (Å²) >= 11 is 7.00. The molecule has 0 bridgehead atoms. The number of nitrogens with zero attached hydrogens (tertiary/aromatic N) is 2. The van der Waals surface area contributed by atoms with E-state index in [1.807, 2.05) is 31.2 Å². The van der Waals surface area contributed by atoms with Gasteiger partial charge in [0.25, 0.3) is 5.91 Å². The molecule has 0 aliphatic carbocycles. The van der Waals surface area contributed by atoms with E-state index in [1.165, 1.54) is 0 Å². The quantitative estimate of drug-likeness (QED) is 0.774. The maximum atomic E-state index is 12.4. The summed E-state index contributed by atoms with van der Waals surface area (Å²) in [5, 5.41) is 7.46. The highest BCUT2D eigenvalue weighted by Crippen LogP contribution is 2.25. The summed E-state index contributed by atoms with van der Waals surface area (Å²) in [7, 11) is 0. The molecule has 0 aliphatic heterocycles. The minimum atomic E-state index is -0.243. The van der Waals surface area contributed by atoms with Gasteiger partial charge in [-0.1, -0.05) is 52.0 Å². The van der Waals surface area contributed by atoms with E-state index in [1.54, 1.807) is 24.3 Å². The van der Waals surface area contributed by atoms with Crippen molar-refractivity contribution in [2.75, 3.05) is 5.32 Å². The summed E-state index contributed by atoms with van der Waals surface area (Å²) in [4.78, 5) is 12.9. The Bertz CT molecular complexity index is 814. The number of halogens is 1. The van der Waals surface area contributed by atoms with Crippen LogP contribution in [0.4, 0.5) is 5.69 Å². The Morgan fingerprint density at radius 3 is 2.68 bits per heavy atom. The molecule has 2 aromatic carbocycles. The van der Waals surface area contributed by atoms with Crippen LogP contribution in [0.3, 0.4) is 0 Å². The number of aromatic nitrogens is 2. The van der Waals surface area contributed by atoms with Crippen molar-refractivity contribution in [2.24, 2.45) is 0 Å². The third-order valence-corrected chi connectivity index (χ3v) is 4.06. The Labute approximate surface area is 136 Å². The summed E-state index contributed by atoms with van der Waals surface area (Å²) in [5.74, 6) is -0.243. The summed E-state index contributed by atoms with van der Waals surface area (Å²) in [6.07, 6.45) is 0. The Morgan fingerprint density at radius 1 is 1.18 bits per heavy atom. The first-order valence-electron chi connectivity index (χ1n) is 6.60. The predicted octanol–water partition coefficient (Wildman–Crippen LogP) is 4.42. The standard InChI is InChI=1S/C16H12ClN3OS/c1-10-5-7-11(8-6-10)14-15(22-20-19-14)16(21)18-13-4-2-3-12(17)9-13/h2-9H,1H3,(H,18,21). The van der Waals surface area contributed by atoms with Crippen LogP contribution in [0.2, 0.25) is 5.02 Å². The van der Waals surface area contributed by atoms with Gasteiger partial charge in [-0.15, -0.1) is 5.10 Å². The molecule has 0 unspecified atom stereocenters. The van der Waals surface area contributed by atoms with Gasteiger partial charge in [-0.25, -0.2) is 0 Å². The molecule has 1 amide bonds. The first kappa shape index (κ1) is 14.7. The van der Waals surface area contributed by atoms with Crippen LogP contribution in [0, 0.1) is 6.92 Å². The molecule has 3 rings (SSSR count). The Balaban J connectivity index is 1.88. The van der Waals surface area contributed by atoms with Gasteiger partial charge in [-0.3, -0.25) is 4.79 Å². The molecule has 0 saturated carbocycles. The minimum Gasteiger partial charge on any atom is -0.321 e. The molecule has 0 aliphatic rings. The lowest BCUT2D eigenvalue weighted by atomic mass is 10.1. The third-order valence-electron chi connectivity index (χ3n) is 3.10. The second-order valence-corrected chi connectivity index (χ2v) is 5.97. The van der Waals surface area contributed by atoms with Crippen molar-refractivity contribution in [3.63, 3.8) is 0 Å². The van der Waals surface area contributed by atoms with Crippen molar-refractivity contribution >= 4 is 34.7 Å². The molecule has 0 saturated heterocycles. The molecule has 22 heavy (non-hydrogen) atoms. The highest BCUT2D eigenvalue weighted by atomic mass is 35.5. The van der Waals surface area contributed by atoms with E-state index in [0.717, 1.165) is 22.7 Å². The normalized spacial score (nSPS) is 10.5. The number of anilines is 1. The largest absolute Gasteiger partial charge is 0.321 e. The number of benzene rings is 2. The van der Waals surface area contributed by atoms with E-state index < -0.39 is 0 Å². The molecule has 0 spiro atoms. The molecule has 6 heteroatoms.